The SMILES string of the molecule is CNCc1ccnc(N(C)C2CCCCC2)c1F. The third kappa shape index (κ3) is 2.80. The predicted molar refractivity (Wildman–Crippen MR) is 72.2 cm³/mol. The highest BCUT2D eigenvalue weighted by Crippen LogP contribution is 2.27. The fourth-order valence-electron chi connectivity index (χ4n) is 2.69. The minimum Gasteiger partial charge on any atom is -0.354 e. The van der Waals surface area contributed by atoms with Crippen LogP contribution in [0.4, 0.5) is 10.2 Å². The van der Waals surface area contributed by atoms with Crippen molar-refractivity contribution in [2.75, 3.05) is 19.0 Å². The van der Waals surface area contributed by atoms with Gasteiger partial charge in [-0.1, -0.05) is 19.3 Å². The zero-order chi connectivity index (χ0) is 13.0. The van der Waals surface area contributed by atoms with Gasteiger partial charge in [0.15, 0.2) is 11.6 Å². The van der Waals surface area contributed by atoms with Crippen LogP contribution in [0.5, 0.6) is 0 Å². The zero-order valence-electron chi connectivity index (χ0n) is 11.2. The van der Waals surface area contributed by atoms with Crippen LogP contribution in [-0.4, -0.2) is 25.1 Å². The Bertz CT molecular complexity index is 389. The van der Waals surface area contributed by atoms with E-state index in [4.69, 9.17) is 0 Å². The van der Waals surface area contributed by atoms with E-state index < -0.39 is 0 Å². The minimum atomic E-state index is -0.181. The van der Waals surface area contributed by atoms with E-state index in [0.717, 1.165) is 12.8 Å². The molecule has 0 saturated heterocycles. The quantitative estimate of drug-likeness (QED) is 0.892. The van der Waals surface area contributed by atoms with Gasteiger partial charge in [-0.3, -0.25) is 0 Å². The summed E-state index contributed by atoms with van der Waals surface area (Å²) in [6.45, 7) is 0.542. The largest absolute Gasteiger partial charge is 0.354 e. The molecule has 1 saturated carbocycles. The van der Waals surface area contributed by atoms with Gasteiger partial charge in [-0.15, -0.1) is 0 Å². The smallest absolute Gasteiger partial charge is 0.170 e. The first kappa shape index (κ1) is 13.3. The molecule has 18 heavy (non-hydrogen) atoms. The molecule has 1 N–H and O–H groups in total. The molecule has 1 heterocycles. The fraction of sp³-hybridized carbons (Fsp3) is 0.643. The molecule has 0 amide bonds. The maximum absolute atomic E-state index is 14.3. The van der Waals surface area contributed by atoms with Crippen LogP contribution in [-0.2, 0) is 6.54 Å². The number of rotatable bonds is 4. The topological polar surface area (TPSA) is 28.2 Å². The number of hydrogen-bond acceptors (Lipinski definition) is 3. The Morgan fingerprint density at radius 2 is 2.11 bits per heavy atom. The molecule has 1 aromatic rings. The summed E-state index contributed by atoms with van der Waals surface area (Å²) in [5.74, 6) is 0.314. The Morgan fingerprint density at radius 3 is 2.78 bits per heavy atom. The van der Waals surface area contributed by atoms with Gasteiger partial charge in [0.25, 0.3) is 0 Å². The molecule has 0 unspecified atom stereocenters. The molecule has 0 radical (unpaired) electrons. The highest BCUT2D eigenvalue weighted by molar-refractivity contribution is 5.43. The molecule has 1 fully saturated rings. The van der Waals surface area contributed by atoms with Gasteiger partial charge in [0, 0.05) is 31.4 Å². The van der Waals surface area contributed by atoms with E-state index in [1.807, 2.05) is 19.0 Å². The number of aromatic nitrogens is 1. The molecule has 4 heteroatoms. The van der Waals surface area contributed by atoms with Crippen molar-refractivity contribution in [3.63, 3.8) is 0 Å². The monoisotopic (exact) mass is 251 g/mol. The van der Waals surface area contributed by atoms with Gasteiger partial charge in [-0.05, 0) is 26.0 Å². The summed E-state index contributed by atoms with van der Waals surface area (Å²) < 4.78 is 14.3. The molecule has 0 aliphatic heterocycles. The maximum atomic E-state index is 14.3. The maximum Gasteiger partial charge on any atom is 0.170 e. The average molecular weight is 251 g/mol. The number of halogens is 1. The van der Waals surface area contributed by atoms with E-state index >= 15 is 0 Å². The summed E-state index contributed by atoms with van der Waals surface area (Å²) >= 11 is 0. The summed E-state index contributed by atoms with van der Waals surface area (Å²) in [5.41, 5.74) is 0.685. The second-order valence-corrected chi connectivity index (χ2v) is 5.04. The van der Waals surface area contributed by atoms with Crippen LogP contribution in [0.25, 0.3) is 0 Å². The lowest BCUT2D eigenvalue weighted by molar-refractivity contribution is 0.421. The lowest BCUT2D eigenvalue weighted by Crippen LogP contribution is -2.34. The first-order valence-corrected chi connectivity index (χ1v) is 6.75. The van der Waals surface area contributed by atoms with Crippen molar-refractivity contribution in [3.05, 3.63) is 23.6 Å². The van der Waals surface area contributed by atoms with Gasteiger partial charge in [0.2, 0.25) is 0 Å². The lowest BCUT2D eigenvalue weighted by Gasteiger charge is -2.32. The first-order chi connectivity index (χ1) is 8.74. The summed E-state index contributed by atoms with van der Waals surface area (Å²) in [4.78, 5) is 6.24. The highest BCUT2D eigenvalue weighted by atomic mass is 19.1. The minimum absolute atomic E-state index is 0.181. The van der Waals surface area contributed by atoms with Gasteiger partial charge in [0.05, 0.1) is 0 Å². The second kappa shape index (κ2) is 6.14. The Labute approximate surface area is 108 Å². The number of hydrogen-bond donors (Lipinski definition) is 1. The molecule has 0 spiro atoms. The number of nitrogens with one attached hydrogen (secondary N) is 1. The molecule has 0 atom stereocenters. The first-order valence-electron chi connectivity index (χ1n) is 6.75. The van der Waals surface area contributed by atoms with E-state index in [2.05, 4.69) is 10.3 Å². The normalized spacial score (nSPS) is 16.8. The van der Waals surface area contributed by atoms with Gasteiger partial charge in [-0.2, -0.15) is 0 Å². The molecule has 2 rings (SSSR count). The predicted octanol–water partition coefficient (Wildman–Crippen LogP) is 2.71. The van der Waals surface area contributed by atoms with Crippen LogP contribution < -0.4 is 10.2 Å². The van der Waals surface area contributed by atoms with Crippen LogP contribution in [0.2, 0.25) is 0 Å². The van der Waals surface area contributed by atoms with Crippen molar-refractivity contribution in [1.29, 1.82) is 0 Å². The van der Waals surface area contributed by atoms with Gasteiger partial charge >= 0.3 is 0 Å². The molecule has 100 valence electrons. The van der Waals surface area contributed by atoms with Crippen LogP contribution in [0, 0.1) is 5.82 Å². The molecular formula is C14H22FN3. The standard InChI is InChI=1S/C14H22FN3/c1-16-10-11-8-9-17-14(13(11)15)18(2)12-6-4-3-5-7-12/h8-9,12,16H,3-7,10H2,1-2H3. The fourth-order valence-corrected chi connectivity index (χ4v) is 2.69. The molecule has 1 aromatic heterocycles. The third-order valence-electron chi connectivity index (χ3n) is 3.77. The second-order valence-electron chi connectivity index (χ2n) is 5.04. The van der Waals surface area contributed by atoms with E-state index in [1.165, 1.54) is 19.3 Å². The van der Waals surface area contributed by atoms with E-state index in [1.54, 1.807) is 12.3 Å². The van der Waals surface area contributed by atoms with Crippen molar-refractivity contribution >= 4 is 5.82 Å². The van der Waals surface area contributed by atoms with Crippen molar-refractivity contribution in [3.8, 4) is 0 Å². The van der Waals surface area contributed by atoms with E-state index in [0.29, 0.717) is 24.0 Å². The Balaban J connectivity index is 2.18. The van der Waals surface area contributed by atoms with Gasteiger partial charge in [0.1, 0.15) is 0 Å². The molecule has 3 nitrogen and oxygen atoms in total. The van der Waals surface area contributed by atoms with E-state index in [9.17, 15) is 4.39 Å². The van der Waals surface area contributed by atoms with Crippen LogP contribution >= 0.6 is 0 Å². The third-order valence-corrected chi connectivity index (χ3v) is 3.77. The van der Waals surface area contributed by atoms with Crippen LogP contribution in [0.15, 0.2) is 12.3 Å². The van der Waals surface area contributed by atoms with Crippen molar-refractivity contribution in [2.24, 2.45) is 0 Å². The lowest BCUT2D eigenvalue weighted by atomic mass is 9.94. The van der Waals surface area contributed by atoms with Gasteiger partial charge in [-0.25, -0.2) is 9.37 Å². The number of anilines is 1. The van der Waals surface area contributed by atoms with Crippen molar-refractivity contribution in [1.82, 2.24) is 10.3 Å². The van der Waals surface area contributed by atoms with Gasteiger partial charge < -0.3 is 10.2 Å². The Morgan fingerprint density at radius 1 is 1.39 bits per heavy atom. The Hall–Kier alpha value is -1.16. The summed E-state index contributed by atoms with van der Waals surface area (Å²) in [6, 6.07) is 2.18. The molecule has 0 bridgehead atoms. The summed E-state index contributed by atoms with van der Waals surface area (Å²) in [7, 11) is 3.79. The van der Waals surface area contributed by atoms with E-state index in [-0.39, 0.29) is 5.82 Å². The molecule has 0 aromatic carbocycles. The zero-order valence-corrected chi connectivity index (χ0v) is 11.2. The molecule has 1 aliphatic rings. The summed E-state index contributed by atoms with van der Waals surface area (Å²) in [5, 5.41) is 2.98. The number of nitrogens with zero attached hydrogens (tertiary/aromatic N) is 2. The average Bonchev–Trinajstić information content (AvgIpc) is 2.42. The van der Waals surface area contributed by atoms with Crippen molar-refractivity contribution < 1.29 is 4.39 Å². The van der Waals surface area contributed by atoms with Crippen LogP contribution in [0.1, 0.15) is 37.7 Å². The number of pyridine rings is 1. The summed E-state index contributed by atoms with van der Waals surface area (Å²) in [6.07, 6.45) is 7.78. The highest BCUT2D eigenvalue weighted by Gasteiger charge is 2.22. The Kier molecular flexibility index (Phi) is 4.53. The molecule has 1 aliphatic carbocycles. The van der Waals surface area contributed by atoms with Crippen LogP contribution in [0.3, 0.4) is 0 Å². The van der Waals surface area contributed by atoms with Crippen molar-refractivity contribution in [2.45, 2.75) is 44.7 Å². The molecular weight excluding hydrogens is 229 g/mol.